The molecule has 2 aromatic rings. The number of imidazole rings is 1. The number of hydrogen-bond donors (Lipinski definition) is 1. The van der Waals surface area contributed by atoms with Crippen LogP contribution in [0.15, 0.2) is 20.1 Å². The number of fused-ring (bicyclic) bond motifs is 1. The van der Waals surface area contributed by atoms with Gasteiger partial charge < -0.3 is 15.2 Å². The Balaban J connectivity index is 2.28. The fourth-order valence-electron chi connectivity index (χ4n) is 3.26. The Bertz CT molecular complexity index is 950. The minimum absolute atomic E-state index is 0.0853. The summed E-state index contributed by atoms with van der Waals surface area (Å²) in [5, 5.41) is 0. The van der Waals surface area contributed by atoms with Crippen LogP contribution < -0.4 is 21.9 Å². The number of rotatable bonds is 3. The lowest BCUT2D eigenvalue weighted by atomic mass is 10.1. The number of allylic oxidation sites excluding steroid dienone is 2. The van der Waals surface area contributed by atoms with Gasteiger partial charge in [0.25, 0.3) is 5.56 Å². The minimum atomic E-state index is -0.378. The molecular formula is C16H23BrN6O2. The van der Waals surface area contributed by atoms with Crippen LogP contribution in [0.1, 0.15) is 19.8 Å². The Hall–Kier alpha value is -1.87. The maximum atomic E-state index is 12.7. The Morgan fingerprint density at radius 3 is 2.72 bits per heavy atom. The van der Waals surface area contributed by atoms with Crippen LogP contribution in [0.5, 0.6) is 0 Å². The first-order valence-corrected chi connectivity index (χ1v) is 9.09. The van der Waals surface area contributed by atoms with Crippen LogP contribution in [-0.2, 0) is 20.6 Å². The van der Waals surface area contributed by atoms with Gasteiger partial charge in [0.15, 0.2) is 11.2 Å². The number of aromatic nitrogens is 4. The number of nitrogens with two attached hydrogens (primary N) is 1. The van der Waals surface area contributed by atoms with E-state index < -0.39 is 0 Å². The molecule has 0 amide bonds. The highest BCUT2D eigenvalue weighted by Crippen LogP contribution is 2.23. The molecule has 0 aliphatic carbocycles. The predicted octanol–water partition coefficient (Wildman–Crippen LogP) is 0.660. The van der Waals surface area contributed by atoms with Gasteiger partial charge in [0.05, 0.1) is 0 Å². The van der Waals surface area contributed by atoms with Crippen molar-refractivity contribution in [3.05, 3.63) is 31.4 Å². The molecule has 3 heterocycles. The van der Waals surface area contributed by atoms with Crippen molar-refractivity contribution in [2.45, 2.75) is 32.4 Å². The van der Waals surface area contributed by atoms with E-state index in [4.69, 9.17) is 5.73 Å². The number of piperidine rings is 1. The van der Waals surface area contributed by atoms with Crippen molar-refractivity contribution in [3.8, 4) is 0 Å². The summed E-state index contributed by atoms with van der Waals surface area (Å²) in [6.45, 7) is 3.95. The van der Waals surface area contributed by atoms with E-state index in [0.717, 1.165) is 28.4 Å². The van der Waals surface area contributed by atoms with Crippen LogP contribution in [0.2, 0.25) is 0 Å². The van der Waals surface area contributed by atoms with Crippen molar-refractivity contribution < 1.29 is 0 Å². The van der Waals surface area contributed by atoms with Crippen molar-refractivity contribution in [2.24, 2.45) is 19.8 Å². The van der Waals surface area contributed by atoms with Crippen LogP contribution in [-0.4, -0.2) is 37.8 Å². The summed E-state index contributed by atoms with van der Waals surface area (Å²) in [5.41, 5.74) is 6.24. The summed E-state index contributed by atoms with van der Waals surface area (Å²) in [4.78, 5) is 31.7. The monoisotopic (exact) mass is 410 g/mol. The normalized spacial score (nSPS) is 19.0. The molecule has 1 unspecified atom stereocenters. The van der Waals surface area contributed by atoms with E-state index in [2.05, 4.69) is 25.8 Å². The standard InChI is InChI=1S/C16H23BrN6O2/c1-10(17)6-8-23-12-13(20(2)16(25)21(3)14(12)24)19-15(23)22-7-4-5-11(18)9-22/h6,11H,4-5,7-9,18H2,1-3H3. The number of aryl methyl sites for hydroxylation is 1. The third-order valence-electron chi connectivity index (χ3n) is 4.62. The van der Waals surface area contributed by atoms with Gasteiger partial charge in [-0.2, -0.15) is 4.98 Å². The average molecular weight is 411 g/mol. The van der Waals surface area contributed by atoms with E-state index in [9.17, 15) is 9.59 Å². The lowest BCUT2D eigenvalue weighted by molar-refractivity contribution is 0.495. The van der Waals surface area contributed by atoms with Gasteiger partial charge in [-0.3, -0.25) is 13.9 Å². The summed E-state index contributed by atoms with van der Waals surface area (Å²) >= 11 is 3.43. The largest absolute Gasteiger partial charge is 0.341 e. The van der Waals surface area contributed by atoms with E-state index in [1.54, 1.807) is 7.05 Å². The third kappa shape index (κ3) is 3.18. The fraction of sp³-hybridized carbons (Fsp3) is 0.562. The number of hydrogen-bond acceptors (Lipinski definition) is 5. The van der Waals surface area contributed by atoms with Crippen LogP contribution in [0.3, 0.4) is 0 Å². The van der Waals surface area contributed by atoms with Crippen molar-refractivity contribution in [1.82, 2.24) is 18.7 Å². The van der Waals surface area contributed by atoms with Crippen molar-refractivity contribution in [1.29, 1.82) is 0 Å². The first-order valence-electron chi connectivity index (χ1n) is 8.30. The molecule has 136 valence electrons. The molecule has 0 spiro atoms. The molecule has 1 saturated heterocycles. The number of halogens is 1. The zero-order valence-corrected chi connectivity index (χ0v) is 16.3. The molecule has 2 N–H and O–H groups in total. The molecule has 0 saturated carbocycles. The van der Waals surface area contributed by atoms with Crippen LogP contribution in [0.25, 0.3) is 11.2 Å². The SMILES string of the molecule is CC(Br)=CCn1c(N2CCCC(N)C2)nc2c1c(=O)n(C)c(=O)n2C. The van der Waals surface area contributed by atoms with Gasteiger partial charge in [-0.15, -0.1) is 0 Å². The van der Waals surface area contributed by atoms with Crippen LogP contribution in [0, 0.1) is 0 Å². The molecule has 3 rings (SSSR count). The Kier molecular flexibility index (Phi) is 4.88. The maximum Gasteiger partial charge on any atom is 0.332 e. The van der Waals surface area contributed by atoms with Crippen molar-refractivity contribution >= 4 is 33.0 Å². The second-order valence-electron chi connectivity index (χ2n) is 6.54. The van der Waals surface area contributed by atoms with E-state index in [1.165, 1.54) is 11.6 Å². The minimum Gasteiger partial charge on any atom is -0.341 e. The molecule has 0 aromatic carbocycles. The van der Waals surface area contributed by atoms with Gasteiger partial charge in [0.1, 0.15) is 0 Å². The zero-order valence-electron chi connectivity index (χ0n) is 14.7. The fourth-order valence-corrected chi connectivity index (χ4v) is 3.40. The molecular weight excluding hydrogens is 388 g/mol. The molecule has 1 aliphatic rings. The molecule has 0 bridgehead atoms. The van der Waals surface area contributed by atoms with Gasteiger partial charge in [-0.1, -0.05) is 22.0 Å². The van der Waals surface area contributed by atoms with E-state index in [0.29, 0.717) is 30.2 Å². The highest BCUT2D eigenvalue weighted by atomic mass is 79.9. The first-order chi connectivity index (χ1) is 11.8. The first kappa shape index (κ1) is 17.9. The van der Waals surface area contributed by atoms with Crippen LogP contribution >= 0.6 is 15.9 Å². The second kappa shape index (κ2) is 6.80. The third-order valence-corrected chi connectivity index (χ3v) is 4.95. The molecule has 8 nitrogen and oxygen atoms in total. The molecule has 1 atom stereocenters. The smallest absolute Gasteiger partial charge is 0.332 e. The molecule has 1 fully saturated rings. The lowest BCUT2D eigenvalue weighted by Crippen LogP contribution is -2.44. The molecule has 0 radical (unpaired) electrons. The molecule has 2 aromatic heterocycles. The summed E-state index contributed by atoms with van der Waals surface area (Å²) < 4.78 is 5.39. The summed E-state index contributed by atoms with van der Waals surface area (Å²) in [7, 11) is 3.13. The van der Waals surface area contributed by atoms with E-state index >= 15 is 0 Å². The Morgan fingerprint density at radius 2 is 2.08 bits per heavy atom. The number of anilines is 1. The lowest BCUT2D eigenvalue weighted by Gasteiger charge is -2.31. The highest BCUT2D eigenvalue weighted by Gasteiger charge is 2.25. The highest BCUT2D eigenvalue weighted by molar-refractivity contribution is 9.11. The zero-order chi connectivity index (χ0) is 18.3. The van der Waals surface area contributed by atoms with E-state index in [1.807, 2.05) is 17.6 Å². The van der Waals surface area contributed by atoms with Gasteiger partial charge in [0.2, 0.25) is 5.95 Å². The van der Waals surface area contributed by atoms with E-state index in [-0.39, 0.29) is 17.3 Å². The molecule has 25 heavy (non-hydrogen) atoms. The van der Waals surface area contributed by atoms with Gasteiger partial charge in [0, 0.05) is 39.8 Å². The second-order valence-corrected chi connectivity index (χ2v) is 7.79. The quantitative estimate of drug-likeness (QED) is 0.802. The van der Waals surface area contributed by atoms with Gasteiger partial charge >= 0.3 is 5.69 Å². The topological polar surface area (TPSA) is 91.1 Å². The number of nitrogens with zero attached hydrogens (tertiary/aromatic N) is 5. The van der Waals surface area contributed by atoms with Gasteiger partial charge in [-0.05, 0) is 24.2 Å². The molecule has 9 heteroatoms. The predicted molar refractivity (Wildman–Crippen MR) is 102 cm³/mol. The Morgan fingerprint density at radius 1 is 1.36 bits per heavy atom. The summed E-state index contributed by atoms with van der Waals surface area (Å²) in [6, 6.07) is 0.0853. The Labute approximate surface area is 153 Å². The average Bonchev–Trinajstić information content (AvgIpc) is 2.96. The van der Waals surface area contributed by atoms with Gasteiger partial charge in [-0.25, -0.2) is 4.79 Å². The summed E-state index contributed by atoms with van der Waals surface area (Å²) in [5.74, 6) is 0.688. The maximum absolute atomic E-state index is 12.7. The summed E-state index contributed by atoms with van der Waals surface area (Å²) in [6.07, 6.45) is 3.94. The van der Waals surface area contributed by atoms with Crippen molar-refractivity contribution in [3.63, 3.8) is 0 Å². The van der Waals surface area contributed by atoms with Crippen molar-refractivity contribution in [2.75, 3.05) is 18.0 Å². The molecule has 1 aliphatic heterocycles. The van der Waals surface area contributed by atoms with Crippen LogP contribution in [0.4, 0.5) is 5.95 Å².